The number of fused-ring (bicyclic) bond motifs is 1. The monoisotopic (exact) mass is 394 g/mol. The summed E-state index contributed by atoms with van der Waals surface area (Å²) in [7, 11) is 1.95. The lowest BCUT2D eigenvalue weighted by Crippen LogP contribution is -2.02. The van der Waals surface area contributed by atoms with Crippen LogP contribution in [0.2, 0.25) is 0 Å². The summed E-state index contributed by atoms with van der Waals surface area (Å²) in [4.78, 5) is 9.26. The molecule has 0 spiro atoms. The van der Waals surface area contributed by atoms with Crippen molar-refractivity contribution in [1.29, 1.82) is 0 Å². The third-order valence-corrected chi connectivity index (χ3v) is 5.08. The van der Waals surface area contributed by atoms with Crippen LogP contribution in [-0.2, 0) is 20.2 Å². The lowest BCUT2D eigenvalue weighted by molar-refractivity contribution is 0.302. The molecule has 0 radical (unpaired) electrons. The van der Waals surface area contributed by atoms with E-state index in [-0.39, 0.29) is 0 Å². The number of hydrogen-bond donors (Lipinski definition) is 0. The standard InChI is InChI=1S/C25H22N4O/c1-28-16-21(26-18-28)17-30-22-11-7-10-20(14-22)25-27-23-12-5-6-13-24(23)29(25)15-19-8-3-2-4-9-19/h2-14,16,18H,15,17H2,1H3. The quantitative estimate of drug-likeness (QED) is 0.404. The van der Waals surface area contributed by atoms with Gasteiger partial charge in [0.25, 0.3) is 0 Å². The van der Waals surface area contributed by atoms with E-state index in [1.165, 1.54) is 5.56 Å². The Bertz CT molecular complexity index is 1290. The highest BCUT2D eigenvalue weighted by Gasteiger charge is 2.13. The minimum absolute atomic E-state index is 0.435. The number of hydrogen-bond acceptors (Lipinski definition) is 3. The van der Waals surface area contributed by atoms with Gasteiger partial charge in [0.1, 0.15) is 18.2 Å². The highest BCUT2D eigenvalue weighted by atomic mass is 16.5. The van der Waals surface area contributed by atoms with Crippen LogP contribution in [0, 0.1) is 0 Å². The summed E-state index contributed by atoms with van der Waals surface area (Å²) >= 11 is 0. The van der Waals surface area contributed by atoms with E-state index in [4.69, 9.17) is 9.72 Å². The van der Waals surface area contributed by atoms with Gasteiger partial charge in [-0.1, -0.05) is 54.6 Å². The Hall–Kier alpha value is -3.86. The average Bonchev–Trinajstić information content (AvgIpc) is 3.37. The van der Waals surface area contributed by atoms with Crippen LogP contribution in [0.25, 0.3) is 22.4 Å². The first-order valence-electron chi connectivity index (χ1n) is 9.95. The Kier molecular flexibility index (Phi) is 4.77. The first-order valence-corrected chi connectivity index (χ1v) is 9.95. The van der Waals surface area contributed by atoms with E-state index in [1.807, 2.05) is 48.1 Å². The average molecular weight is 394 g/mol. The van der Waals surface area contributed by atoms with E-state index in [0.29, 0.717) is 6.61 Å². The molecule has 0 unspecified atom stereocenters. The van der Waals surface area contributed by atoms with E-state index in [2.05, 4.69) is 58.1 Å². The van der Waals surface area contributed by atoms with Crippen molar-refractivity contribution < 1.29 is 4.74 Å². The van der Waals surface area contributed by atoms with Crippen molar-refractivity contribution in [3.63, 3.8) is 0 Å². The largest absolute Gasteiger partial charge is 0.487 e. The van der Waals surface area contributed by atoms with Crippen molar-refractivity contribution in [1.82, 2.24) is 19.1 Å². The van der Waals surface area contributed by atoms with Crippen LogP contribution in [0.4, 0.5) is 0 Å². The van der Waals surface area contributed by atoms with Crippen molar-refractivity contribution in [2.45, 2.75) is 13.2 Å². The molecule has 0 atom stereocenters. The molecule has 2 heterocycles. The second kappa shape index (κ2) is 7.87. The van der Waals surface area contributed by atoms with Crippen molar-refractivity contribution >= 4 is 11.0 Å². The lowest BCUT2D eigenvalue weighted by Gasteiger charge is -2.11. The molecule has 5 aromatic rings. The van der Waals surface area contributed by atoms with Crippen LogP contribution in [0.3, 0.4) is 0 Å². The van der Waals surface area contributed by atoms with Crippen molar-refractivity contribution in [3.05, 3.63) is 103 Å². The first kappa shape index (κ1) is 18.2. The number of imidazole rings is 2. The van der Waals surface area contributed by atoms with E-state index >= 15 is 0 Å². The van der Waals surface area contributed by atoms with Crippen LogP contribution in [0.1, 0.15) is 11.3 Å². The number of para-hydroxylation sites is 2. The Morgan fingerprint density at radius 3 is 2.57 bits per heavy atom. The van der Waals surface area contributed by atoms with E-state index < -0.39 is 0 Å². The molecule has 2 aromatic heterocycles. The molecular formula is C25H22N4O. The number of benzene rings is 3. The van der Waals surface area contributed by atoms with Gasteiger partial charge in [-0.05, 0) is 29.8 Å². The summed E-state index contributed by atoms with van der Waals surface area (Å²) in [6.45, 7) is 1.19. The van der Waals surface area contributed by atoms with Gasteiger partial charge in [-0.2, -0.15) is 0 Å². The smallest absolute Gasteiger partial charge is 0.141 e. The van der Waals surface area contributed by atoms with Gasteiger partial charge in [0.2, 0.25) is 0 Å². The lowest BCUT2D eigenvalue weighted by atomic mass is 10.2. The summed E-state index contributed by atoms with van der Waals surface area (Å²) in [5.41, 5.74) is 5.28. The van der Waals surface area contributed by atoms with Gasteiger partial charge in [0.15, 0.2) is 0 Å². The predicted octanol–water partition coefficient (Wildman–Crippen LogP) is 5.06. The fourth-order valence-electron chi connectivity index (χ4n) is 3.65. The summed E-state index contributed by atoms with van der Waals surface area (Å²) in [5, 5.41) is 0. The van der Waals surface area contributed by atoms with E-state index in [1.54, 1.807) is 6.33 Å². The molecule has 0 aliphatic heterocycles. The normalized spacial score (nSPS) is 11.1. The zero-order valence-electron chi connectivity index (χ0n) is 16.8. The molecule has 0 fully saturated rings. The predicted molar refractivity (Wildman–Crippen MR) is 118 cm³/mol. The van der Waals surface area contributed by atoms with Crippen LogP contribution in [0.5, 0.6) is 5.75 Å². The van der Waals surface area contributed by atoms with Crippen LogP contribution < -0.4 is 4.74 Å². The third kappa shape index (κ3) is 3.70. The SMILES string of the molecule is Cn1cnc(COc2cccc(-c3nc4ccccc4n3Cc3ccccc3)c2)c1. The minimum Gasteiger partial charge on any atom is -0.487 e. The second-order valence-corrected chi connectivity index (χ2v) is 7.34. The fourth-order valence-corrected chi connectivity index (χ4v) is 3.65. The highest BCUT2D eigenvalue weighted by Crippen LogP contribution is 2.28. The van der Waals surface area contributed by atoms with Crippen LogP contribution in [-0.4, -0.2) is 19.1 Å². The van der Waals surface area contributed by atoms with E-state index in [9.17, 15) is 0 Å². The van der Waals surface area contributed by atoms with Gasteiger partial charge in [-0.25, -0.2) is 9.97 Å². The maximum atomic E-state index is 5.99. The Morgan fingerprint density at radius 2 is 1.73 bits per heavy atom. The zero-order chi connectivity index (χ0) is 20.3. The molecule has 0 N–H and O–H groups in total. The topological polar surface area (TPSA) is 44.9 Å². The van der Waals surface area contributed by atoms with Gasteiger partial charge >= 0.3 is 0 Å². The summed E-state index contributed by atoms with van der Waals surface area (Å²) in [6, 6.07) is 26.8. The molecule has 0 saturated carbocycles. The molecular weight excluding hydrogens is 372 g/mol. The molecule has 0 aliphatic rings. The minimum atomic E-state index is 0.435. The molecule has 30 heavy (non-hydrogen) atoms. The molecule has 0 aliphatic carbocycles. The Morgan fingerprint density at radius 1 is 0.900 bits per heavy atom. The molecule has 5 rings (SSSR count). The second-order valence-electron chi connectivity index (χ2n) is 7.34. The zero-order valence-corrected chi connectivity index (χ0v) is 16.8. The fraction of sp³-hybridized carbons (Fsp3) is 0.120. The molecule has 3 aromatic carbocycles. The summed E-state index contributed by atoms with van der Waals surface area (Å²) in [5.74, 6) is 1.74. The van der Waals surface area contributed by atoms with Gasteiger partial charge in [0.05, 0.1) is 23.1 Å². The Labute approximate surface area is 175 Å². The number of ether oxygens (including phenoxy) is 1. The van der Waals surface area contributed by atoms with Gasteiger partial charge in [-0.15, -0.1) is 0 Å². The highest BCUT2D eigenvalue weighted by molar-refractivity contribution is 5.81. The van der Waals surface area contributed by atoms with Crippen molar-refractivity contribution in [3.8, 4) is 17.1 Å². The third-order valence-electron chi connectivity index (χ3n) is 5.08. The molecule has 5 heteroatoms. The van der Waals surface area contributed by atoms with Crippen molar-refractivity contribution in [2.75, 3.05) is 0 Å². The van der Waals surface area contributed by atoms with E-state index in [0.717, 1.165) is 40.4 Å². The van der Waals surface area contributed by atoms with Crippen LogP contribution in [0.15, 0.2) is 91.4 Å². The first-order chi connectivity index (χ1) is 14.8. The number of rotatable bonds is 6. The summed E-state index contributed by atoms with van der Waals surface area (Å²) in [6.07, 6.45) is 3.74. The Balaban J connectivity index is 1.50. The molecule has 0 saturated heterocycles. The number of nitrogens with zero attached hydrogens (tertiary/aromatic N) is 4. The van der Waals surface area contributed by atoms with Crippen LogP contribution >= 0.6 is 0 Å². The maximum absolute atomic E-state index is 5.99. The van der Waals surface area contributed by atoms with Gasteiger partial charge < -0.3 is 13.9 Å². The van der Waals surface area contributed by atoms with Gasteiger partial charge in [0, 0.05) is 25.4 Å². The maximum Gasteiger partial charge on any atom is 0.141 e. The molecule has 148 valence electrons. The molecule has 5 nitrogen and oxygen atoms in total. The van der Waals surface area contributed by atoms with Crippen molar-refractivity contribution in [2.24, 2.45) is 7.05 Å². The van der Waals surface area contributed by atoms with Gasteiger partial charge in [-0.3, -0.25) is 0 Å². The number of aromatic nitrogens is 4. The number of aryl methyl sites for hydroxylation is 1. The molecule has 0 bridgehead atoms. The molecule has 0 amide bonds. The summed E-state index contributed by atoms with van der Waals surface area (Å²) < 4.78 is 10.2.